The summed E-state index contributed by atoms with van der Waals surface area (Å²) in [5.74, 6) is -0.283. The number of rotatable bonds is 4. The highest BCUT2D eigenvalue weighted by atomic mass is 79.9. The molecular weight excluding hydrogens is 304 g/mol. The number of ether oxygens (including phenoxy) is 1. The van der Waals surface area contributed by atoms with Crippen LogP contribution in [0.3, 0.4) is 0 Å². The van der Waals surface area contributed by atoms with Gasteiger partial charge in [-0.05, 0) is 11.1 Å². The molecule has 2 aromatic carbocycles. The fourth-order valence-corrected chi connectivity index (χ4v) is 2.65. The lowest BCUT2D eigenvalue weighted by molar-refractivity contribution is -0.146. The van der Waals surface area contributed by atoms with Gasteiger partial charge in [0.05, 0.1) is 4.83 Å². The van der Waals surface area contributed by atoms with E-state index in [1.54, 1.807) is 0 Å². The van der Waals surface area contributed by atoms with Gasteiger partial charge in [0.1, 0.15) is 6.10 Å². The van der Waals surface area contributed by atoms with Gasteiger partial charge in [-0.1, -0.05) is 76.6 Å². The van der Waals surface area contributed by atoms with E-state index in [4.69, 9.17) is 4.74 Å². The van der Waals surface area contributed by atoms with Crippen molar-refractivity contribution in [3.63, 3.8) is 0 Å². The molecule has 0 aliphatic rings. The molecule has 0 radical (unpaired) electrons. The van der Waals surface area contributed by atoms with Crippen molar-refractivity contribution < 1.29 is 9.53 Å². The third-order valence-corrected chi connectivity index (χ3v) is 3.81. The average molecular weight is 319 g/mol. The molecule has 0 aromatic heterocycles. The molecule has 2 aromatic rings. The van der Waals surface area contributed by atoms with Gasteiger partial charge in [-0.3, -0.25) is 4.79 Å². The molecule has 0 unspecified atom stereocenters. The minimum Gasteiger partial charge on any atom is -0.456 e. The van der Waals surface area contributed by atoms with Crippen LogP contribution in [0.5, 0.6) is 0 Å². The maximum absolute atomic E-state index is 11.3. The summed E-state index contributed by atoms with van der Waals surface area (Å²) in [6.45, 7) is 1.43. The van der Waals surface area contributed by atoms with Crippen molar-refractivity contribution in [3.05, 3.63) is 71.8 Å². The van der Waals surface area contributed by atoms with Crippen molar-refractivity contribution >= 4 is 21.9 Å². The molecule has 98 valence electrons. The lowest BCUT2D eigenvalue weighted by Crippen LogP contribution is -2.13. The zero-order chi connectivity index (χ0) is 13.7. The fourth-order valence-electron chi connectivity index (χ4n) is 1.93. The summed E-state index contributed by atoms with van der Waals surface area (Å²) < 4.78 is 5.47. The lowest BCUT2D eigenvalue weighted by atomic mass is 10.0. The van der Waals surface area contributed by atoms with Gasteiger partial charge in [0.25, 0.3) is 0 Å². The smallest absolute Gasteiger partial charge is 0.303 e. The van der Waals surface area contributed by atoms with Gasteiger partial charge < -0.3 is 4.74 Å². The highest BCUT2D eigenvalue weighted by Gasteiger charge is 2.24. The van der Waals surface area contributed by atoms with Crippen molar-refractivity contribution in [1.82, 2.24) is 0 Å². The van der Waals surface area contributed by atoms with Crippen LogP contribution >= 0.6 is 15.9 Å². The number of carbonyl (C=O) groups is 1. The normalized spacial score (nSPS) is 13.6. The van der Waals surface area contributed by atoms with Crippen LogP contribution in [0.25, 0.3) is 0 Å². The van der Waals surface area contributed by atoms with Gasteiger partial charge in [-0.2, -0.15) is 0 Å². The first-order valence-electron chi connectivity index (χ1n) is 6.09. The van der Waals surface area contributed by atoms with Crippen LogP contribution in [0.15, 0.2) is 60.7 Å². The molecule has 0 aliphatic carbocycles. The van der Waals surface area contributed by atoms with Crippen molar-refractivity contribution in [2.75, 3.05) is 0 Å². The second-order valence-electron chi connectivity index (χ2n) is 4.25. The molecule has 2 rings (SSSR count). The first-order chi connectivity index (χ1) is 9.18. The minimum atomic E-state index is -0.332. The molecule has 3 heteroatoms. The Morgan fingerprint density at radius 3 is 1.89 bits per heavy atom. The van der Waals surface area contributed by atoms with E-state index in [0.717, 1.165) is 11.1 Å². The number of alkyl halides is 1. The van der Waals surface area contributed by atoms with E-state index in [2.05, 4.69) is 15.9 Å². The van der Waals surface area contributed by atoms with E-state index in [-0.39, 0.29) is 16.9 Å². The number of halogens is 1. The quantitative estimate of drug-likeness (QED) is 0.616. The highest BCUT2D eigenvalue weighted by Crippen LogP contribution is 2.38. The number of benzene rings is 2. The molecule has 0 heterocycles. The first kappa shape index (κ1) is 13.8. The van der Waals surface area contributed by atoms with E-state index in [1.165, 1.54) is 6.92 Å². The Bertz CT molecular complexity index is 525. The Labute approximate surface area is 121 Å². The number of carbonyl (C=O) groups excluding carboxylic acids is 1. The van der Waals surface area contributed by atoms with E-state index >= 15 is 0 Å². The summed E-state index contributed by atoms with van der Waals surface area (Å²) in [6.07, 6.45) is -0.332. The SMILES string of the molecule is CC(=O)O[C@@H](c1ccccc1)[C@@H](Br)c1ccccc1. The summed E-state index contributed by atoms with van der Waals surface area (Å²) in [4.78, 5) is 11.3. The molecule has 19 heavy (non-hydrogen) atoms. The van der Waals surface area contributed by atoms with Crippen molar-refractivity contribution in [2.24, 2.45) is 0 Å². The second kappa shape index (κ2) is 6.53. The molecule has 0 N–H and O–H groups in total. The van der Waals surface area contributed by atoms with E-state index in [9.17, 15) is 4.79 Å². The topological polar surface area (TPSA) is 26.3 Å². The van der Waals surface area contributed by atoms with Crippen LogP contribution in [0.1, 0.15) is 29.0 Å². The molecular formula is C16H15BrO2. The molecule has 0 saturated heterocycles. The number of hydrogen-bond acceptors (Lipinski definition) is 2. The van der Waals surface area contributed by atoms with E-state index in [1.807, 2.05) is 60.7 Å². The molecule has 0 bridgehead atoms. The fraction of sp³-hybridized carbons (Fsp3) is 0.188. The third-order valence-electron chi connectivity index (χ3n) is 2.80. The zero-order valence-corrected chi connectivity index (χ0v) is 12.2. The highest BCUT2D eigenvalue weighted by molar-refractivity contribution is 9.09. The molecule has 0 fully saturated rings. The standard InChI is InChI=1S/C16H15BrO2/c1-12(18)19-16(14-10-6-3-7-11-14)15(17)13-8-4-2-5-9-13/h2-11,15-16H,1H3/t15-,16-/m0/s1. The monoisotopic (exact) mass is 318 g/mol. The summed E-state index contributed by atoms with van der Waals surface area (Å²) >= 11 is 3.64. The predicted molar refractivity (Wildman–Crippen MR) is 79.1 cm³/mol. The maximum Gasteiger partial charge on any atom is 0.303 e. The van der Waals surface area contributed by atoms with Gasteiger partial charge >= 0.3 is 5.97 Å². The number of hydrogen-bond donors (Lipinski definition) is 0. The van der Waals surface area contributed by atoms with Gasteiger partial charge in [-0.25, -0.2) is 0 Å². The predicted octanol–water partition coefficient (Wildman–Crippen LogP) is 4.43. The summed E-state index contributed by atoms with van der Waals surface area (Å²) in [5.41, 5.74) is 2.06. The second-order valence-corrected chi connectivity index (χ2v) is 5.24. The van der Waals surface area contributed by atoms with Crippen LogP contribution < -0.4 is 0 Å². The van der Waals surface area contributed by atoms with Gasteiger partial charge in [-0.15, -0.1) is 0 Å². The van der Waals surface area contributed by atoms with E-state index in [0.29, 0.717) is 0 Å². The summed E-state index contributed by atoms with van der Waals surface area (Å²) in [5, 5.41) is 0. The summed E-state index contributed by atoms with van der Waals surface area (Å²) in [6, 6.07) is 19.7. The molecule has 2 atom stereocenters. The van der Waals surface area contributed by atoms with Crippen molar-refractivity contribution in [3.8, 4) is 0 Å². The first-order valence-corrected chi connectivity index (χ1v) is 7.01. The van der Waals surface area contributed by atoms with Crippen LogP contribution in [-0.2, 0) is 9.53 Å². The average Bonchev–Trinajstić information content (AvgIpc) is 2.46. The Hall–Kier alpha value is -1.61. The van der Waals surface area contributed by atoms with E-state index < -0.39 is 0 Å². The van der Waals surface area contributed by atoms with Crippen LogP contribution in [0.2, 0.25) is 0 Å². The van der Waals surface area contributed by atoms with Crippen LogP contribution in [0.4, 0.5) is 0 Å². The largest absolute Gasteiger partial charge is 0.456 e. The van der Waals surface area contributed by atoms with Crippen LogP contribution in [-0.4, -0.2) is 5.97 Å². The zero-order valence-electron chi connectivity index (χ0n) is 10.6. The van der Waals surface area contributed by atoms with Gasteiger partial charge in [0, 0.05) is 6.92 Å². The van der Waals surface area contributed by atoms with Crippen molar-refractivity contribution in [2.45, 2.75) is 17.9 Å². The van der Waals surface area contributed by atoms with Crippen LogP contribution in [0, 0.1) is 0 Å². The third kappa shape index (κ3) is 3.67. The minimum absolute atomic E-state index is 0.0694. The Kier molecular flexibility index (Phi) is 4.74. The van der Waals surface area contributed by atoms with Gasteiger partial charge in [0.15, 0.2) is 0 Å². The summed E-state index contributed by atoms with van der Waals surface area (Å²) in [7, 11) is 0. The molecule has 0 amide bonds. The molecule has 0 aliphatic heterocycles. The maximum atomic E-state index is 11.3. The lowest BCUT2D eigenvalue weighted by Gasteiger charge is -2.23. The number of esters is 1. The van der Waals surface area contributed by atoms with Crippen molar-refractivity contribution in [1.29, 1.82) is 0 Å². The van der Waals surface area contributed by atoms with Gasteiger partial charge in [0.2, 0.25) is 0 Å². The molecule has 2 nitrogen and oxygen atoms in total. The Morgan fingerprint density at radius 2 is 1.42 bits per heavy atom. The Balaban J connectivity index is 2.30. The molecule has 0 saturated carbocycles. The Morgan fingerprint density at radius 1 is 0.947 bits per heavy atom. The molecule has 0 spiro atoms.